The summed E-state index contributed by atoms with van der Waals surface area (Å²) in [4.78, 5) is 12.1. The molecule has 2 N–H and O–H groups in total. The van der Waals surface area contributed by atoms with E-state index in [0.29, 0.717) is 16.6 Å². The third kappa shape index (κ3) is 3.15. The lowest BCUT2D eigenvalue weighted by Gasteiger charge is -2.09. The van der Waals surface area contributed by atoms with Crippen molar-refractivity contribution in [3.63, 3.8) is 0 Å². The molecule has 3 rings (SSSR count). The lowest BCUT2D eigenvalue weighted by Crippen LogP contribution is -2.33. The van der Waals surface area contributed by atoms with E-state index in [-0.39, 0.29) is 12.5 Å². The highest BCUT2D eigenvalue weighted by molar-refractivity contribution is 6.32. The van der Waals surface area contributed by atoms with Gasteiger partial charge in [0.15, 0.2) is 5.69 Å². The standard InChI is InChI=1S/C16H18ClN3O2/c1-10-8-13(16(22)18-9-15(21)11-6-7-11)19-20(10)14-5-3-2-4-12(14)17/h2-5,8,11,15,21H,6-7,9H2,1H3,(H,18,22)/t15-/m0/s1. The Morgan fingerprint density at radius 3 is 2.91 bits per heavy atom. The monoisotopic (exact) mass is 319 g/mol. The predicted octanol–water partition coefficient (Wildman–Crippen LogP) is 2.33. The Bertz CT molecular complexity index is 694. The van der Waals surface area contributed by atoms with E-state index in [2.05, 4.69) is 10.4 Å². The lowest BCUT2D eigenvalue weighted by molar-refractivity contribution is 0.0896. The molecule has 0 aliphatic heterocycles. The Kier molecular flexibility index (Phi) is 4.18. The summed E-state index contributed by atoms with van der Waals surface area (Å²) >= 11 is 6.17. The van der Waals surface area contributed by atoms with Gasteiger partial charge in [-0.1, -0.05) is 23.7 Å². The molecule has 1 fully saturated rings. The van der Waals surface area contributed by atoms with Crippen molar-refractivity contribution in [1.29, 1.82) is 0 Å². The molecule has 1 aliphatic carbocycles. The van der Waals surface area contributed by atoms with Crippen LogP contribution >= 0.6 is 11.6 Å². The average molecular weight is 320 g/mol. The summed E-state index contributed by atoms with van der Waals surface area (Å²) in [6.07, 6.45) is 1.62. The zero-order valence-corrected chi connectivity index (χ0v) is 13.0. The fourth-order valence-corrected chi connectivity index (χ4v) is 2.60. The van der Waals surface area contributed by atoms with Crippen molar-refractivity contribution in [1.82, 2.24) is 15.1 Å². The third-order valence-electron chi connectivity index (χ3n) is 3.84. The van der Waals surface area contributed by atoms with Crippen molar-refractivity contribution < 1.29 is 9.90 Å². The van der Waals surface area contributed by atoms with Crippen LogP contribution in [0.1, 0.15) is 29.0 Å². The Labute approximate surface area is 133 Å². The van der Waals surface area contributed by atoms with E-state index in [4.69, 9.17) is 11.6 Å². The van der Waals surface area contributed by atoms with Crippen LogP contribution in [0.4, 0.5) is 0 Å². The van der Waals surface area contributed by atoms with Crippen LogP contribution in [-0.2, 0) is 0 Å². The van der Waals surface area contributed by atoms with Crippen LogP contribution in [0.2, 0.25) is 5.02 Å². The zero-order chi connectivity index (χ0) is 15.7. The molecule has 1 aromatic carbocycles. The minimum atomic E-state index is -0.462. The third-order valence-corrected chi connectivity index (χ3v) is 4.16. The van der Waals surface area contributed by atoms with Gasteiger partial charge in [-0.05, 0) is 43.9 Å². The Morgan fingerprint density at radius 2 is 2.23 bits per heavy atom. The fraction of sp³-hybridized carbons (Fsp3) is 0.375. The topological polar surface area (TPSA) is 67.2 Å². The smallest absolute Gasteiger partial charge is 0.271 e. The molecule has 0 saturated heterocycles. The number of aryl methyl sites for hydroxylation is 1. The van der Waals surface area contributed by atoms with E-state index in [1.807, 2.05) is 25.1 Å². The largest absolute Gasteiger partial charge is 0.391 e. The molecule has 116 valence electrons. The number of carbonyl (C=O) groups is 1. The van der Waals surface area contributed by atoms with Gasteiger partial charge in [0.1, 0.15) is 0 Å². The van der Waals surface area contributed by atoms with E-state index in [1.54, 1.807) is 16.8 Å². The van der Waals surface area contributed by atoms with Crippen molar-refractivity contribution in [2.45, 2.75) is 25.9 Å². The van der Waals surface area contributed by atoms with E-state index in [0.717, 1.165) is 24.2 Å². The molecule has 5 nitrogen and oxygen atoms in total. The molecule has 0 radical (unpaired) electrons. The van der Waals surface area contributed by atoms with Gasteiger partial charge >= 0.3 is 0 Å². The summed E-state index contributed by atoms with van der Waals surface area (Å²) in [6, 6.07) is 9.05. The molecular weight excluding hydrogens is 302 g/mol. The number of aromatic nitrogens is 2. The highest BCUT2D eigenvalue weighted by Crippen LogP contribution is 2.32. The number of benzene rings is 1. The molecule has 6 heteroatoms. The molecule has 1 saturated carbocycles. The number of para-hydroxylation sites is 1. The molecule has 1 aliphatic rings. The Balaban J connectivity index is 1.74. The highest BCUT2D eigenvalue weighted by Gasteiger charge is 2.30. The number of carbonyl (C=O) groups excluding carboxylic acids is 1. The molecule has 2 aromatic rings. The zero-order valence-electron chi connectivity index (χ0n) is 12.3. The number of halogens is 1. The number of rotatable bonds is 5. The first-order valence-corrected chi connectivity index (χ1v) is 7.72. The molecule has 0 bridgehead atoms. The van der Waals surface area contributed by atoms with Crippen LogP contribution in [0, 0.1) is 12.8 Å². The number of nitrogens with zero attached hydrogens (tertiary/aromatic N) is 2. The second-order valence-electron chi connectivity index (χ2n) is 5.65. The number of aliphatic hydroxyl groups is 1. The Morgan fingerprint density at radius 1 is 1.50 bits per heavy atom. The molecule has 1 aromatic heterocycles. The lowest BCUT2D eigenvalue weighted by atomic mass is 10.2. The number of amides is 1. The number of aliphatic hydroxyl groups excluding tert-OH is 1. The van der Waals surface area contributed by atoms with Crippen LogP contribution in [0.15, 0.2) is 30.3 Å². The van der Waals surface area contributed by atoms with Crippen molar-refractivity contribution in [3.05, 3.63) is 46.7 Å². The second kappa shape index (κ2) is 6.10. The van der Waals surface area contributed by atoms with Gasteiger partial charge < -0.3 is 10.4 Å². The number of nitrogens with one attached hydrogen (secondary N) is 1. The molecule has 22 heavy (non-hydrogen) atoms. The molecule has 1 heterocycles. The second-order valence-corrected chi connectivity index (χ2v) is 6.06. The van der Waals surface area contributed by atoms with Crippen molar-refractivity contribution in [2.24, 2.45) is 5.92 Å². The molecule has 1 amide bonds. The van der Waals surface area contributed by atoms with Crippen LogP contribution < -0.4 is 5.32 Å². The van der Waals surface area contributed by atoms with Gasteiger partial charge in [-0.2, -0.15) is 5.10 Å². The number of hydrogen-bond acceptors (Lipinski definition) is 3. The van der Waals surface area contributed by atoms with E-state index >= 15 is 0 Å². The maximum absolute atomic E-state index is 12.1. The van der Waals surface area contributed by atoms with Crippen LogP contribution in [0.25, 0.3) is 5.69 Å². The van der Waals surface area contributed by atoms with Crippen molar-refractivity contribution >= 4 is 17.5 Å². The van der Waals surface area contributed by atoms with Crippen LogP contribution in [0.3, 0.4) is 0 Å². The molecule has 0 spiro atoms. The summed E-state index contributed by atoms with van der Waals surface area (Å²) in [5.74, 6) is 0.0522. The first kappa shape index (κ1) is 15.1. The van der Waals surface area contributed by atoms with Gasteiger partial charge in [0.2, 0.25) is 0 Å². The molecule has 1 atom stereocenters. The van der Waals surface area contributed by atoms with Gasteiger partial charge in [0.05, 0.1) is 16.8 Å². The van der Waals surface area contributed by atoms with Gasteiger partial charge in [-0.25, -0.2) is 4.68 Å². The molecule has 0 unspecified atom stereocenters. The summed E-state index contributed by atoms with van der Waals surface area (Å²) in [5, 5.41) is 17.4. The average Bonchev–Trinajstić information content (AvgIpc) is 3.28. The van der Waals surface area contributed by atoms with Gasteiger partial charge in [0, 0.05) is 12.2 Å². The first-order chi connectivity index (χ1) is 10.6. The normalized spacial score (nSPS) is 15.6. The summed E-state index contributed by atoms with van der Waals surface area (Å²) < 4.78 is 1.65. The summed E-state index contributed by atoms with van der Waals surface area (Å²) in [5.41, 5.74) is 1.88. The maximum atomic E-state index is 12.1. The van der Waals surface area contributed by atoms with Crippen molar-refractivity contribution in [2.75, 3.05) is 6.54 Å². The Hall–Kier alpha value is -1.85. The first-order valence-electron chi connectivity index (χ1n) is 7.34. The van der Waals surface area contributed by atoms with E-state index < -0.39 is 6.10 Å². The summed E-state index contributed by atoms with van der Waals surface area (Å²) in [6.45, 7) is 2.13. The number of hydrogen-bond donors (Lipinski definition) is 2. The fourth-order valence-electron chi connectivity index (χ4n) is 2.39. The van der Waals surface area contributed by atoms with Crippen LogP contribution in [-0.4, -0.2) is 33.4 Å². The SMILES string of the molecule is Cc1cc(C(=O)NC[C@H](O)C2CC2)nn1-c1ccccc1Cl. The summed E-state index contributed by atoms with van der Waals surface area (Å²) in [7, 11) is 0. The maximum Gasteiger partial charge on any atom is 0.271 e. The van der Waals surface area contributed by atoms with Gasteiger partial charge in [0.25, 0.3) is 5.91 Å². The minimum Gasteiger partial charge on any atom is -0.391 e. The predicted molar refractivity (Wildman–Crippen MR) is 84.4 cm³/mol. The van der Waals surface area contributed by atoms with Gasteiger partial charge in [-0.15, -0.1) is 0 Å². The van der Waals surface area contributed by atoms with Gasteiger partial charge in [-0.3, -0.25) is 4.79 Å². The minimum absolute atomic E-state index is 0.265. The quantitative estimate of drug-likeness (QED) is 0.889. The molecular formula is C16H18ClN3O2. The van der Waals surface area contributed by atoms with E-state index in [9.17, 15) is 9.90 Å². The van der Waals surface area contributed by atoms with E-state index in [1.165, 1.54) is 0 Å². The highest BCUT2D eigenvalue weighted by atomic mass is 35.5. The van der Waals surface area contributed by atoms with Crippen LogP contribution in [0.5, 0.6) is 0 Å². The van der Waals surface area contributed by atoms with Crippen molar-refractivity contribution in [3.8, 4) is 5.69 Å².